The van der Waals surface area contributed by atoms with Crippen LogP contribution in [0.5, 0.6) is 0 Å². The molecule has 2 heteroatoms. The van der Waals surface area contributed by atoms with E-state index < -0.39 is 0 Å². The summed E-state index contributed by atoms with van der Waals surface area (Å²) in [5, 5.41) is 12.3. The molecule has 2 nitrogen and oxygen atoms in total. The molecule has 0 unspecified atom stereocenters. The second-order valence-corrected chi connectivity index (χ2v) is 3.89. The Balaban J connectivity index is 2.39. The number of rotatable bonds is 1. The molecule has 72 valence electrons. The van der Waals surface area contributed by atoms with E-state index >= 15 is 0 Å². The van der Waals surface area contributed by atoms with Gasteiger partial charge >= 0.3 is 0 Å². The van der Waals surface area contributed by atoms with E-state index in [1.54, 1.807) is 0 Å². The van der Waals surface area contributed by atoms with E-state index in [9.17, 15) is 0 Å². The van der Waals surface area contributed by atoms with Gasteiger partial charge in [0.2, 0.25) is 0 Å². The Morgan fingerprint density at radius 3 is 3.00 bits per heavy atom. The first-order chi connectivity index (χ1) is 6.81. The van der Waals surface area contributed by atoms with Gasteiger partial charge in [0.25, 0.3) is 0 Å². The Morgan fingerprint density at radius 1 is 1.50 bits per heavy atom. The minimum Gasteiger partial charge on any atom is -0.316 e. The van der Waals surface area contributed by atoms with Crippen molar-refractivity contribution in [2.24, 2.45) is 0 Å². The molecule has 1 aliphatic rings. The molecule has 0 aromatic heterocycles. The van der Waals surface area contributed by atoms with E-state index in [1.165, 1.54) is 11.1 Å². The maximum Gasteiger partial charge on any atom is 0.0994 e. The smallest absolute Gasteiger partial charge is 0.0994 e. The Morgan fingerprint density at radius 2 is 2.36 bits per heavy atom. The lowest BCUT2D eigenvalue weighted by molar-refractivity contribution is 0.760. The lowest BCUT2D eigenvalue weighted by atomic mass is 9.92. The van der Waals surface area contributed by atoms with Gasteiger partial charge in [0.1, 0.15) is 0 Å². The maximum absolute atomic E-state index is 9.00. The van der Waals surface area contributed by atoms with Crippen molar-refractivity contribution in [2.75, 3.05) is 13.1 Å². The third-order valence-corrected chi connectivity index (χ3v) is 2.83. The molecule has 0 spiro atoms. The lowest BCUT2D eigenvalue weighted by Gasteiger charge is -2.11. The van der Waals surface area contributed by atoms with Crippen molar-refractivity contribution < 1.29 is 0 Å². The van der Waals surface area contributed by atoms with Gasteiger partial charge in [0.05, 0.1) is 11.6 Å². The van der Waals surface area contributed by atoms with E-state index in [0.29, 0.717) is 5.92 Å². The second-order valence-electron chi connectivity index (χ2n) is 3.89. The van der Waals surface area contributed by atoms with Crippen LogP contribution < -0.4 is 5.32 Å². The van der Waals surface area contributed by atoms with E-state index in [1.807, 2.05) is 12.1 Å². The molecular weight excluding hydrogens is 172 g/mol. The van der Waals surface area contributed by atoms with Crippen molar-refractivity contribution in [3.05, 3.63) is 34.9 Å². The first-order valence-electron chi connectivity index (χ1n) is 5.02. The molecule has 1 heterocycles. The fraction of sp³-hybridized carbons (Fsp3) is 0.417. The maximum atomic E-state index is 9.00. The van der Waals surface area contributed by atoms with Gasteiger partial charge in [-0.05, 0) is 37.4 Å². The predicted molar refractivity (Wildman–Crippen MR) is 56.1 cm³/mol. The Kier molecular flexibility index (Phi) is 2.51. The fourth-order valence-corrected chi connectivity index (χ4v) is 2.04. The Bertz CT molecular complexity index is 370. The first-order valence-corrected chi connectivity index (χ1v) is 5.02. The second kappa shape index (κ2) is 3.81. The number of nitrogens with one attached hydrogen (secondary N) is 1. The molecule has 0 amide bonds. The summed E-state index contributed by atoms with van der Waals surface area (Å²) in [6.07, 6.45) is 1.15. The van der Waals surface area contributed by atoms with Gasteiger partial charge in [-0.3, -0.25) is 0 Å². The number of hydrogen-bond donors (Lipinski definition) is 1. The summed E-state index contributed by atoms with van der Waals surface area (Å²) < 4.78 is 0. The molecule has 14 heavy (non-hydrogen) atoms. The molecule has 1 aliphatic heterocycles. The number of nitrogens with zero attached hydrogens (tertiary/aromatic N) is 1. The molecule has 0 bridgehead atoms. The van der Waals surface area contributed by atoms with Crippen LogP contribution in [0.4, 0.5) is 0 Å². The molecule has 1 saturated heterocycles. The van der Waals surface area contributed by atoms with Crippen molar-refractivity contribution in [2.45, 2.75) is 19.3 Å². The predicted octanol–water partition coefficient (Wildman–Crippen LogP) is 1.94. The lowest BCUT2D eigenvalue weighted by Crippen LogP contribution is -2.09. The summed E-state index contributed by atoms with van der Waals surface area (Å²) >= 11 is 0. The molecule has 1 aromatic rings. The average molecular weight is 186 g/mol. The van der Waals surface area contributed by atoms with Gasteiger partial charge in [0.15, 0.2) is 0 Å². The zero-order valence-corrected chi connectivity index (χ0v) is 8.38. The normalized spacial score (nSPS) is 20.7. The molecule has 1 N–H and O–H groups in total. The minimum absolute atomic E-state index is 0.532. The fourth-order valence-electron chi connectivity index (χ4n) is 2.04. The van der Waals surface area contributed by atoms with Crippen LogP contribution in [0.2, 0.25) is 0 Å². The zero-order chi connectivity index (χ0) is 9.97. The van der Waals surface area contributed by atoms with Crippen LogP contribution >= 0.6 is 0 Å². The number of benzene rings is 1. The summed E-state index contributed by atoms with van der Waals surface area (Å²) in [5.41, 5.74) is 3.30. The van der Waals surface area contributed by atoms with Gasteiger partial charge in [-0.25, -0.2) is 0 Å². The highest BCUT2D eigenvalue weighted by Crippen LogP contribution is 2.26. The zero-order valence-electron chi connectivity index (χ0n) is 8.38. The molecule has 0 saturated carbocycles. The first kappa shape index (κ1) is 9.23. The largest absolute Gasteiger partial charge is 0.316 e. The summed E-state index contributed by atoms with van der Waals surface area (Å²) in [4.78, 5) is 0. The van der Waals surface area contributed by atoms with Gasteiger partial charge in [0, 0.05) is 6.54 Å². The van der Waals surface area contributed by atoms with Crippen LogP contribution in [0.25, 0.3) is 0 Å². The van der Waals surface area contributed by atoms with Gasteiger partial charge in [-0.15, -0.1) is 0 Å². The highest BCUT2D eigenvalue weighted by Gasteiger charge is 2.19. The van der Waals surface area contributed by atoms with E-state index in [-0.39, 0.29) is 0 Å². The molecular formula is C12H14N2. The van der Waals surface area contributed by atoms with E-state index in [4.69, 9.17) is 5.26 Å². The third-order valence-electron chi connectivity index (χ3n) is 2.83. The van der Waals surface area contributed by atoms with Crippen LogP contribution in [-0.4, -0.2) is 13.1 Å². The topological polar surface area (TPSA) is 35.8 Å². The molecule has 0 aliphatic carbocycles. The van der Waals surface area contributed by atoms with Crippen LogP contribution in [0.3, 0.4) is 0 Å². The summed E-state index contributed by atoms with van der Waals surface area (Å²) in [7, 11) is 0. The monoisotopic (exact) mass is 186 g/mol. The highest BCUT2D eigenvalue weighted by molar-refractivity contribution is 5.42. The van der Waals surface area contributed by atoms with Gasteiger partial charge in [-0.1, -0.05) is 17.7 Å². The summed E-state index contributed by atoms with van der Waals surface area (Å²) in [5.74, 6) is 0.532. The van der Waals surface area contributed by atoms with E-state index in [2.05, 4.69) is 24.4 Å². The average Bonchev–Trinajstić information content (AvgIpc) is 2.70. The van der Waals surface area contributed by atoms with Crippen LogP contribution in [0.15, 0.2) is 18.2 Å². The van der Waals surface area contributed by atoms with Crippen LogP contribution in [0.1, 0.15) is 29.0 Å². The molecule has 1 fully saturated rings. The third kappa shape index (κ3) is 1.64. The molecule has 1 aromatic carbocycles. The van der Waals surface area contributed by atoms with Crippen LogP contribution in [-0.2, 0) is 0 Å². The molecule has 0 radical (unpaired) electrons. The summed E-state index contributed by atoms with van der Waals surface area (Å²) in [6, 6.07) is 8.36. The van der Waals surface area contributed by atoms with Gasteiger partial charge < -0.3 is 5.32 Å². The Labute approximate surface area is 84.6 Å². The number of aryl methyl sites for hydroxylation is 1. The van der Waals surface area contributed by atoms with Crippen molar-refractivity contribution in [1.29, 1.82) is 5.26 Å². The van der Waals surface area contributed by atoms with Crippen molar-refractivity contribution in [3.8, 4) is 6.07 Å². The van der Waals surface area contributed by atoms with Crippen molar-refractivity contribution in [1.82, 2.24) is 5.32 Å². The van der Waals surface area contributed by atoms with Crippen LogP contribution in [0, 0.1) is 18.3 Å². The SMILES string of the molecule is Cc1ccc(C#N)c([C@@H]2CCNC2)c1. The molecule has 1 atom stereocenters. The van der Waals surface area contributed by atoms with Crippen molar-refractivity contribution in [3.63, 3.8) is 0 Å². The summed E-state index contributed by atoms with van der Waals surface area (Å²) in [6.45, 7) is 4.16. The Hall–Kier alpha value is -1.33. The quantitative estimate of drug-likeness (QED) is 0.727. The minimum atomic E-state index is 0.532. The molecule has 2 rings (SSSR count). The van der Waals surface area contributed by atoms with Gasteiger partial charge in [-0.2, -0.15) is 5.26 Å². The van der Waals surface area contributed by atoms with Crippen molar-refractivity contribution >= 4 is 0 Å². The standard InChI is InChI=1S/C12H14N2/c1-9-2-3-10(7-13)12(6-9)11-4-5-14-8-11/h2-3,6,11,14H,4-5,8H2,1H3/t11-/m1/s1. The highest BCUT2D eigenvalue weighted by atomic mass is 14.9. The number of hydrogen-bond acceptors (Lipinski definition) is 2. The van der Waals surface area contributed by atoms with E-state index in [0.717, 1.165) is 25.1 Å². The number of nitriles is 1.